The molecule has 0 aliphatic heterocycles. The third-order valence-electron chi connectivity index (χ3n) is 5.64. The van der Waals surface area contributed by atoms with Gasteiger partial charge in [-0.3, -0.25) is 18.5 Å². The molecule has 1 aromatic rings. The minimum atomic E-state index is -4.13. The van der Waals surface area contributed by atoms with Crippen LogP contribution in [0.5, 0.6) is 0 Å². The summed E-state index contributed by atoms with van der Waals surface area (Å²) >= 11 is 10.4. The van der Waals surface area contributed by atoms with E-state index < -0.39 is 42.9 Å². The van der Waals surface area contributed by atoms with E-state index >= 15 is 0 Å². The molecule has 0 spiro atoms. The van der Waals surface area contributed by atoms with Crippen LogP contribution < -0.4 is 5.32 Å². The molecule has 2 unspecified atom stereocenters. The second-order valence-electron chi connectivity index (χ2n) is 10.5. The molecule has 2 N–H and O–H groups in total. The highest BCUT2D eigenvalue weighted by molar-refractivity contribution is 7.78. The Kier molecular flexibility index (Phi) is 15.0. The van der Waals surface area contributed by atoms with Crippen LogP contribution in [0.2, 0.25) is 5.02 Å². The number of hydrogen-bond acceptors (Lipinski definition) is 9. The van der Waals surface area contributed by atoms with Gasteiger partial charge in [-0.1, -0.05) is 57.3 Å². The van der Waals surface area contributed by atoms with E-state index in [0.717, 1.165) is 4.31 Å². The summed E-state index contributed by atoms with van der Waals surface area (Å²) in [5.41, 5.74) is 0.240. The van der Waals surface area contributed by atoms with E-state index in [4.69, 9.17) is 25.4 Å². The summed E-state index contributed by atoms with van der Waals surface area (Å²) in [6, 6.07) is 4.43. The topological polar surface area (TPSA) is 135 Å². The number of carbonyl (C=O) groups is 3. The molecular weight excluding hydrogens is 581 g/mol. The Morgan fingerprint density at radius 3 is 2.25 bits per heavy atom. The minimum absolute atomic E-state index is 0.0229. The fraction of sp³-hybridized carbons (Fsp3) is 0.654. The molecule has 0 aliphatic carbocycles. The zero-order valence-corrected chi connectivity index (χ0v) is 26.8. The summed E-state index contributed by atoms with van der Waals surface area (Å²) in [6.45, 7) is 8.71. The molecule has 1 rings (SSSR count). The van der Waals surface area contributed by atoms with Crippen molar-refractivity contribution in [2.75, 3.05) is 27.3 Å². The average Bonchev–Trinajstić information content (AvgIpc) is 2.85. The van der Waals surface area contributed by atoms with Crippen LogP contribution in [0.15, 0.2) is 24.3 Å². The third kappa shape index (κ3) is 12.0. The van der Waals surface area contributed by atoms with Gasteiger partial charge >= 0.3 is 13.7 Å². The Hall–Kier alpha value is -1.82. The number of thiol groups is 1. The number of amides is 3. The van der Waals surface area contributed by atoms with Crippen LogP contribution in [0.1, 0.15) is 59.4 Å². The molecule has 40 heavy (non-hydrogen) atoms. The van der Waals surface area contributed by atoms with Crippen molar-refractivity contribution in [1.82, 2.24) is 14.5 Å². The summed E-state index contributed by atoms with van der Waals surface area (Å²) in [5, 5.41) is 14.3. The van der Waals surface area contributed by atoms with Crippen LogP contribution in [-0.2, 0) is 34.5 Å². The number of benzene rings is 1. The molecule has 0 saturated carbocycles. The van der Waals surface area contributed by atoms with Crippen molar-refractivity contribution in [3.63, 3.8) is 0 Å². The average molecular weight is 624 g/mol. The normalized spacial score (nSPS) is 14.2. The Morgan fingerprint density at radius 2 is 1.75 bits per heavy atom. The van der Waals surface area contributed by atoms with Gasteiger partial charge in [-0.2, -0.15) is 0 Å². The first-order valence-electron chi connectivity index (χ1n) is 13.0. The lowest BCUT2D eigenvalue weighted by Gasteiger charge is -2.36. The first-order chi connectivity index (χ1) is 18.5. The van der Waals surface area contributed by atoms with Crippen molar-refractivity contribution in [2.45, 2.75) is 78.4 Å². The molecule has 228 valence electrons. The highest BCUT2D eigenvalue weighted by Gasteiger charge is 2.45. The SMILES string of the molecule is CCOP(=O)(OCC)C(O)[C@H](CCC(=O)N(C)C)N(S)C(=O)C(CC(C)(C)C)NC(=O)OCc1cccc(Cl)c1. The molecule has 11 nitrogen and oxygen atoms in total. The first-order valence-corrected chi connectivity index (χ1v) is 15.4. The number of hydrogen-bond donors (Lipinski definition) is 3. The Labute approximate surface area is 247 Å². The number of rotatable bonds is 15. The van der Waals surface area contributed by atoms with Crippen molar-refractivity contribution in [2.24, 2.45) is 5.41 Å². The summed E-state index contributed by atoms with van der Waals surface area (Å²) in [7, 11) is -0.985. The van der Waals surface area contributed by atoms with Crippen LogP contribution in [-0.4, -0.2) is 77.5 Å². The van der Waals surface area contributed by atoms with Crippen molar-refractivity contribution >= 4 is 49.9 Å². The molecule has 1 aromatic carbocycles. The molecule has 3 amide bonds. The maximum absolute atomic E-state index is 13.7. The molecule has 0 radical (unpaired) electrons. The van der Waals surface area contributed by atoms with Gasteiger partial charge in [-0.05, 0) is 49.8 Å². The van der Waals surface area contributed by atoms with Crippen molar-refractivity contribution < 1.29 is 37.8 Å². The fourth-order valence-corrected chi connectivity index (χ4v) is 6.25. The number of carbonyl (C=O) groups excluding carboxylic acids is 3. The smallest absolute Gasteiger partial charge is 0.408 e. The molecule has 14 heteroatoms. The zero-order valence-electron chi connectivity index (χ0n) is 24.3. The van der Waals surface area contributed by atoms with E-state index in [-0.39, 0.29) is 45.0 Å². The van der Waals surface area contributed by atoms with Crippen LogP contribution >= 0.6 is 32.0 Å². The number of nitrogens with one attached hydrogen (secondary N) is 1. The lowest BCUT2D eigenvalue weighted by molar-refractivity contribution is -0.133. The number of halogens is 1. The van der Waals surface area contributed by atoms with E-state index in [1.807, 2.05) is 20.8 Å². The number of aliphatic hydroxyl groups is 1. The second-order valence-corrected chi connectivity index (χ2v) is 13.5. The summed E-state index contributed by atoms with van der Waals surface area (Å²) < 4.78 is 30.2. The predicted octanol–water partition coefficient (Wildman–Crippen LogP) is 4.87. The Balaban J connectivity index is 3.25. The number of ether oxygens (including phenoxy) is 1. The lowest BCUT2D eigenvalue weighted by atomic mass is 9.87. The molecule has 0 saturated heterocycles. The predicted molar refractivity (Wildman–Crippen MR) is 157 cm³/mol. The van der Waals surface area contributed by atoms with Gasteiger partial charge in [0.05, 0.1) is 19.3 Å². The highest BCUT2D eigenvalue weighted by atomic mass is 35.5. The summed E-state index contributed by atoms with van der Waals surface area (Å²) in [5.74, 6) is -2.78. The molecule has 0 bridgehead atoms. The van der Waals surface area contributed by atoms with Gasteiger partial charge in [-0.15, -0.1) is 0 Å². The number of aliphatic hydroxyl groups excluding tert-OH is 1. The monoisotopic (exact) mass is 623 g/mol. The fourth-order valence-electron chi connectivity index (χ4n) is 3.75. The van der Waals surface area contributed by atoms with Gasteiger partial charge in [0.15, 0.2) is 5.85 Å². The van der Waals surface area contributed by atoms with E-state index in [2.05, 4.69) is 18.1 Å². The molecule has 3 atom stereocenters. The largest absolute Gasteiger partial charge is 0.445 e. The van der Waals surface area contributed by atoms with Crippen LogP contribution in [0.25, 0.3) is 0 Å². The molecular formula is C26H43ClN3O8PS. The number of alkyl carbamates (subject to hydrolysis) is 1. The Bertz CT molecular complexity index is 1030. The van der Waals surface area contributed by atoms with Gasteiger partial charge in [0, 0.05) is 25.5 Å². The highest BCUT2D eigenvalue weighted by Crippen LogP contribution is 2.54. The lowest BCUT2D eigenvalue weighted by Crippen LogP contribution is -2.52. The maximum Gasteiger partial charge on any atom is 0.408 e. The summed E-state index contributed by atoms with van der Waals surface area (Å²) in [4.78, 5) is 40.1. The van der Waals surface area contributed by atoms with Crippen LogP contribution in [0.4, 0.5) is 4.79 Å². The van der Waals surface area contributed by atoms with Crippen molar-refractivity contribution in [3.05, 3.63) is 34.9 Å². The molecule has 0 fully saturated rings. The van der Waals surface area contributed by atoms with E-state index in [1.54, 1.807) is 52.2 Å². The van der Waals surface area contributed by atoms with Crippen LogP contribution in [0.3, 0.4) is 0 Å². The second kappa shape index (κ2) is 16.6. The Morgan fingerprint density at radius 1 is 1.15 bits per heavy atom. The quantitative estimate of drug-likeness (QED) is 0.186. The number of nitrogens with zero attached hydrogens (tertiary/aromatic N) is 2. The van der Waals surface area contributed by atoms with Gasteiger partial charge < -0.3 is 29.1 Å². The van der Waals surface area contributed by atoms with Gasteiger partial charge in [0.2, 0.25) is 5.91 Å². The van der Waals surface area contributed by atoms with Crippen molar-refractivity contribution in [3.8, 4) is 0 Å². The summed E-state index contributed by atoms with van der Waals surface area (Å²) in [6.07, 6.45) is -0.850. The zero-order chi connectivity index (χ0) is 30.7. The standard InChI is InChI=1S/C26H43ClN3O8PS/c1-8-37-39(35,38-9-2)24(33)21(13-14-22(31)29(6)7)30(40)23(32)20(16-26(3,4)5)28-25(34)36-17-18-11-10-12-19(27)15-18/h10-12,15,20-21,24,33,40H,8-9,13-14,16-17H2,1-7H3,(H,28,34)/t20?,21-,24?/m0/s1. The van der Waals surface area contributed by atoms with Crippen LogP contribution in [0, 0.1) is 5.41 Å². The van der Waals surface area contributed by atoms with Gasteiger partial charge in [0.25, 0.3) is 5.91 Å². The third-order valence-corrected chi connectivity index (χ3v) is 8.60. The molecule has 0 aliphatic rings. The van der Waals surface area contributed by atoms with E-state index in [1.165, 1.54) is 4.90 Å². The molecule has 0 heterocycles. The van der Waals surface area contributed by atoms with E-state index in [9.17, 15) is 24.1 Å². The van der Waals surface area contributed by atoms with E-state index in [0.29, 0.717) is 10.6 Å². The molecule has 0 aromatic heterocycles. The first kappa shape index (κ1) is 36.2. The van der Waals surface area contributed by atoms with Crippen molar-refractivity contribution in [1.29, 1.82) is 0 Å². The minimum Gasteiger partial charge on any atom is -0.445 e. The van der Waals surface area contributed by atoms with Gasteiger partial charge in [0.1, 0.15) is 12.6 Å². The maximum atomic E-state index is 13.7. The van der Waals surface area contributed by atoms with Gasteiger partial charge in [-0.25, -0.2) is 4.79 Å².